The third kappa shape index (κ3) is 8.98. The van der Waals surface area contributed by atoms with E-state index in [-0.39, 0.29) is 59.3 Å². The van der Waals surface area contributed by atoms with Gasteiger partial charge in [-0.25, -0.2) is 19.3 Å². The maximum absolute atomic E-state index is 15.4. The lowest BCUT2D eigenvalue weighted by molar-refractivity contribution is -0.150. The minimum Gasteiger partial charge on any atom is -0.357 e. The van der Waals surface area contributed by atoms with Crippen LogP contribution in [-0.4, -0.2) is 128 Å². The Morgan fingerprint density at radius 3 is 2.24 bits per heavy atom. The molecule has 1 atom stereocenters. The Bertz CT molecular complexity index is 3070. The van der Waals surface area contributed by atoms with Crippen molar-refractivity contribution in [1.82, 2.24) is 39.5 Å². The van der Waals surface area contributed by atoms with Crippen molar-refractivity contribution in [2.45, 2.75) is 134 Å². The van der Waals surface area contributed by atoms with Crippen LogP contribution in [0, 0.1) is 17.2 Å². The number of imide groups is 1. The molecule has 6 aliphatic heterocycles. The molecule has 7 aliphatic rings. The molecule has 0 bridgehead atoms. The number of halogens is 1. The third-order valence-corrected chi connectivity index (χ3v) is 18.5. The van der Waals surface area contributed by atoms with Crippen LogP contribution in [0.2, 0.25) is 0 Å². The quantitative estimate of drug-likeness (QED) is 0.129. The molecule has 1 saturated carbocycles. The minimum absolute atomic E-state index is 0.0743. The van der Waals surface area contributed by atoms with Crippen molar-refractivity contribution in [3.8, 4) is 11.3 Å². The number of fused-ring (bicyclic) bond motifs is 3. The first kappa shape index (κ1) is 50.1. The number of para-hydroxylation sites is 1. The Morgan fingerprint density at radius 1 is 0.803 bits per heavy atom. The van der Waals surface area contributed by atoms with Gasteiger partial charge in [0.25, 0.3) is 0 Å². The number of amides is 5. The maximum Gasteiger partial charge on any atom is 0.238 e. The topological polar surface area (TPSA) is 169 Å². The van der Waals surface area contributed by atoms with Crippen molar-refractivity contribution in [2.24, 2.45) is 11.3 Å². The second kappa shape index (κ2) is 20.0. The Morgan fingerprint density at radius 2 is 1.54 bits per heavy atom. The molecule has 9 heterocycles. The standard InChI is InChI=1S/C59H70FN11O5/c1-37(2)70-36-62-48-34-47(64-53(52(48)70)63-46-10-6-5-9-45(46)60)39-11-14-44-49(31-39)71(42-32-41(33-42)66-23-7-4-8-24-66)57(76)59(44)21-29-69(30-22-59)56(75)58(3)19-27-68(28-20-58)55(74)38-17-25-67(26-18-38)50-15-12-40(35-61-50)43-13-16-51(72)65-54(43)73/h5-6,9-12,14-15,31,34-38,41-43H,4,7-8,13,16-30,32-33H2,1-3H3,(H,63,64)(H,65,72,73)/t41-,42+,43?. The first-order chi connectivity index (χ1) is 36.8. The summed E-state index contributed by atoms with van der Waals surface area (Å²) < 4.78 is 17.2. The molecule has 5 aromatic rings. The SMILES string of the molecule is CC(C)n1cnc2cc(-c3ccc4c(c3)N([C@H]3C[C@@H](N5CCCCC5)C3)C(=O)C43CCN(C(=O)C4(C)CCN(C(=O)C5CCN(c6ccc(C7CCC(=O)NC7=O)cn6)CC5)CC4)CC3)nc(Nc3ccccc3F)c21. The van der Waals surface area contributed by atoms with Gasteiger partial charge in [0.05, 0.1) is 34.6 Å². The van der Waals surface area contributed by atoms with Gasteiger partial charge < -0.3 is 34.4 Å². The molecular weight excluding hydrogens is 962 g/mol. The highest BCUT2D eigenvalue weighted by molar-refractivity contribution is 6.10. The number of hydrogen-bond donors (Lipinski definition) is 2. The van der Waals surface area contributed by atoms with Gasteiger partial charge in [-0.15, -0.1) is 0 Å². The van der Waals surface area contributed by atoms with E-state index in [1.165, 1.54) is 25.3 Å². The van der Waals surface area contributed by atoms with Gasteiger partial charge in [-0.05, 0) is 139 Å². The zero-order chi connectivity index (χ0) is 52.5. The molecule has 2 N–H and O–H groups in total. The fraction of sp³-hybridized carbons (Fsp3) is 0.525. The Hall–Kier alpha value is -6.75. The van der Waals surface area contributed by atoms with E-state index in [9.17, 15) is 19.2 Å². The lowest BCUT2D eigenvalue weighted by Gasteiger charge is -2.48. The molecular formula is C59H70FN11O5. The van der Waals surface area contributed by atoms with Crippen LogP contribution in [0.1, 0.15) is 127 Å². The number of carbonyl (C=O) groups excluding carboxylic acids is 5. The lowest BCUT2D eigenvalue weighted by atomic mass is 9.72. The first-order valence-electron chi connectivity index (χ1n) is 28.0. The van der Waals surface area contributed by atoms with Crippen LogP contribution in [-0.2, 0) is 29.4 Å². The fourth-order valence-corrected chi connectivity index (χ4v) is 13.6. The number of rotatable bonds is 10. The number of imidazole rings is 1. The molecule has 1 unspecified atom stereocenters. The van der Waals surface area contributed by atoms with Crippen molar-refractivity contribution >= 4 is 63.6 Å². The van der Waals surface area contributed by atoms with Crippen molar-refractivity contribution in [3.05, 3.63) is 90.1 Å². The van der Waals surface area contributed by atoms with Crippen LogP contribution >= 0.6 is 0 Å². The van der Waals surface area contributed by atoms with Gasteiger partial charge in [0, 0.05) is 92.6 Å². The van der Waals surface area contributed by atoms with E-state index in [1.807, 2.05) is 32.6 Å². The summed E-state index contributed by atoms with van der Waals surface area (Å²) in [5.74, 6) is 0.367. The number of pyridine rings is 2. The van der Waals surface area contributed by atoms with Crippen LogP contribution in [0.15, 0.2) is 73.2 Å². The van der Waals surface area contributed by atoms with Crippen LogP contribution in [0.5, 0.6) is 0 Å². The number of likely N-dealkylation sites (tertiary alicyclic amines) is 3. The summed E-state index contributed by atoms with van der Waals surface area (Å²) in [5, 5.41) is 5.71. The number of aromatic nitrogens is 4. The van der Waals surface area contributed by atoms with E-state index in [0.29, 0.717) is 114 Å². The van der Waals surface area contributed by atoms with E-state index in [4.69, 9.17) is 9.97 Å². The van der Waals surface area contributed by atoms with Crippen LogP contribution < -0.4 is 20.4 Å². The summed E-state index contributed by atoms with van der Waals surface area (Å²) in [7, 11) is 0. The number of piperidine rings is 5. The van der Waals surface area contributed by atoms with E-state index in [0.717, 1.165) is 65.2 Å². The van der Waals surface area contributed by atoms with Crippen LogP contribution in [0.25, 0.3) is 22.3 Å². The predicted molar refractivity (Wildman–Crippen MR) is 288 cm³/mol. The van der Waals surface area contributed by atoms with Gasteiger partial charge in [0.1, 0.15) is 17.2 Å². The Kier molecular flexibility index (Phi) is 13.2. The molecule has 6 fully saturated rings. The molecule has 12 rings (SSSR count). The van der Waals surface area contributed by atoms with Gasteiger partial charge in [-0.1, -0.05) is 43.7 Å². The molecule has 3 aromatic heterocycles. The molecule has 16 nitrogen and oxygen atoms in total. The number of carbonyl (C=O) groups is 5. The predicted octanol–water partition coefficient (Wildman–Crippen LogP) is 8.25. The average Bonchev–Trinajstić information content (AvgIpc) is 4.18. The molecule has 398 valence electrons. The Balaban J connectivity index is 0.722. The first-order valence-corrected chi connectivity index (χ1v) is 28.0. The van der Waals surface area contributed by atoms with Crippen LogP contribution in [0.3, 0.4) is 0 Å². The molecule has 0 radical (unpaired) electrons. The Labute approximate surface area is 443 Å². The summed E-state index contributed by atoms with van der Waals surface area (Å²) in [4.78, 5) is 93.5. The highest BCUT2D eigenvalue weighted by Crippen LogP contribution is 2.53. The summed E-state index contributed by atoms with van der Waals surface area (Å²) in [6, 6.07) is 19.4. The monoisotopic (exact) mass is 1030 g/mol. The minimum atomic E-state index is -0.757. The molecule has 2 aromatic carbocycles. The molecule has 1 spiro atoms. The molecule has 5 amide bonds. The second-order valence-electron chi connectivity index (χ2n) is 23.3. The fourth-order valence-electron chi connectivity index (χ4n) is 13.6. The number of benzene rings is 2. The summed E-state index contributed by atoms with van der Waals surface area (Å²) in [5.41, 5.74) is 4.75. The van der Waals surface area contributed by atoms with Gasteiger partial charge in [-0.2, -0.15) is 0 Å². The summed E-state index contributed by atoms with van der Waals surface area (Å²) in [6.45, 7) is 11.9. The number of nitrogens with zero attached hydrogens (tertiary/aromatic N) is 9. The van der Waals surface area contributed by atoms with E-state index >= 15 is 9.18 Å². The lowest BCUT2D eigenvalue weighted by Crippen LogP contribution is -2.59. The van der Waals surface area contributed by atoms with E-state index in [1.54, 1.807) is 30.7 Å². The smallest absolute Gasteiger partial charge is 0.238 e. The zero-order valence-electron chi connectivity index (χ0n) is 44.1. The molecule has 1 aliphatic carbocycles. The molecule has 17 heteroatoms. The number of nitrogens with one attached hydrogen (secondary N) is 2. The summed E-state index contributed by atoms with van der Waals surface area (Å²) >= 11 is 0. The third-order valence-electron chi connectivity index (χ3n) is 18.5. The van der Waals surface area contributed by atoms with Crippen molar-refractivity contribution in [2.75, 3.05) is 67.5 Å². The maximum atomic E-state index is 15.4. The van der Waals surface area contributed by atoms with Gasteiger partial charge >= 0.3 is 0 Å². The van der Waals surface area contributed by atoms with Crippen molar-refractivity contribution in [1.29, 1.82) is 0 Å². The average molecular weight is 1030 g/mol. The largest absolute Gasteiger partial charge is 0.357 e. The van der Waals surface area contributed by atoms with E-state index in [2.05, 4.69) is 69.3 Å². The van der Waals surface area contributed by atoms with Crippen molar-refractivity contribution in [3.63, 3.8) is 0 Å². The van der Waals surface area contributed by atoms with E-state index < -0.39 is 10.8 Å². The van der Waals surface area contributed by atoms with Gasteiger partial charge in [-0.3, -0.25) is 29.3 Å². The second-order valence-corrected chi connectivity index (χ2v) is 23.3. The zero-order valence-corrected chi connectivity index (χ0v) is 44.1. The molecule has 5 saturated heterocycles. The normalized spacial score (nSPS) is 24.0. The summed E-state index contributed by atoms with van der Waals surface area (Å²) in [6.07, 6.45) is 13.6. The van der Waals surface area contributed by atoms with Crippen molar-refractivity contribution < 1.29 is 28.4 Å². The van der Waals surface area contributed by atoms with Gasteiger partial charge in [0.15, 0.2) is 5.82 Å². The van der Waals surface area contributed by atoms with Crippen LogP contribution in [0.4, 0.5) is 27.4 Å². The molecule has 76 heavy (non-hydrogen) atoms. The highest BCUT2D eigenvalue weighted by atomic mass is 19.1. The van der Waals surface area contributed by atoms with Gasteiger partial charge in [0.2, 0.25) is 29.5 Å². The number of hydrogen-bond acceptors (Lipinski definition) is 11. The number of anilines is 4. The highest BCUT2D eigenvalue weighted by Gasteiger charge is 2.56.